The highest BCUT2D eigenvalue weighted by Crippen LogP contribution is 2.21. The predicted molar refractivity (Wildman–Crippen MR) is 91.2 cm³/mol. The van der Waals surface area contributed by atoms with Crippen LogP contribution in [0, 0.1) is 5.92 Å². The molecule has 1 aromatic heterocycles. The Bertz CT molecular complexity index is 583. The molecule has 0 N–H and O–H groups in total. The first-order chi connectivity index (χ1) is 11.1. The van der Waals surface area contributed by atoms with Gasteiger partial charge in [0.05, 0.1) is 12.7 Å². The Labute approximate surface area is 142 Å². The number of hydrogen-bond donors (Lipinski definition) is 0. The van der Waals surface area contributed by atoms with E-state index in [4.69, 9.17) is 11.6 Å². The zero-order valence-corrected chi connectivity index (χ0v) is 14.5. The number of nitrogens with zero attached hydrogens (tertiary/aromatic N) is 4. The van der Waals surface area contributed by atoms with Crippen LogP contribution >= 0.6 is 11.6 Å². The predicted octanol–water partition coefficient (Wildman–Crippen LogP) is 2.46. The fraction of sp³-hybridized carbons (Fsp3) is 0.647. The number of rotatable bonds is 3. The minimum atomic E-state index is 0.194. The summed E-state index contributed by atoms with van der Waals surface area (Å²) in [4.78, 5) is 21.5. The Morgan fingerprint density at radius 1 is 1.30 bits per heavy atom. The number of carbonyl (C=O) groups is 1. The fourth-order valence-electron chi connectivity index (χ4n) is 3.40. The Morgan fingerprint density at radius 2 is 2.17 bits per heavy atom. The van der Waals surface area contributed by atoms with Gasteiger partial charge in [-0.05, 0) is 25.7 Å². The molecule has 0 bridgehead atoms. The van der Waals surface area contributed by atoms with Gasteiger partial charge >= 0.3 is 0 Å². The normalized spacial score (nSPS) is 23.0. The summed E-state index contributed by atoms with van der Waals surface area (Å²) in [6.07, 6.45) is 10.0. The van der Waals surface area contributed by atoms with Crippen LogP contribution in [0.5, 0.6) is 0 Å². The van der Waals surface area contributed by atoms with E-state index in [0.29, 0.717) is 11.1 Å². The van der Waals surface area contributed by atoms with Crippen molar-refractivity contribution in [2.45, 2.75) is 32.2 Å². The van der Waals surface area contributed by atoms with E-state index >= 15 is 0 Å². The summed E-state index contributed by atoms with van der Waals surface area (Å²) in [6, 6.07) is 0. The van der Waals surface area contributed by atoms with Gasteiger partial charge in [0.15, 0.2) is 0 Å². The molecule has 1 aliphatic heterocycles. The van der Waals surface area contributed by atoms with Crippen molar-refractivity contribution in [2.24, 2.45) is 13.0 Å². The highest BCUT2D eigenvalue weighted by molar-refractivity contribution is 6.29. The van der Waals surface area contributed by atoms with E-state index in [-0.39, 0.29) is 5.92 Å². The Kier molecular flexibility index (Phi) is 5.38. The Morgan fingerprint density at radius 3 is 2.87 bits per heavy atom. The molecule has 5 nitrogen and oxygen atoms in total. The van der Waals surface area contributed by atoms with Crippen LogP contribution in [-0.2, 0) is 18.4 Å². The second-order valence-corrected chi connectivity index (χ2v) is 6.88. The van der Waals surface area contributed by atoms with Gasteiger partial charge < -0.3 is 9.47 Å². The molecule has 23 heavy (non-hydrogen) atoms. The summed E-state index contributed by atoms with van der Waals surface area (Å²) in [6.45, 7) is 4.38. The van der Waals surface area contributed by atoms with Crippen LogP contribution in [0.2, 0.25) is 5.15 Å². The van der Waals surface area contributed by atoms with Gasteiger partial charge in [0.1, 0.15) is 11.0 Å². The molecule has 0 radical (unpaired) electrons. The summed E-state index contributed by atoms with van der Waals surface area (Å²) in [5, 5.41) is 0.664. The second kappa shape index (κ2) is 7.49. The van der Waals surface area contributed by atoms with Gasteiger partial charge in [-0.15, -0.1) is 0 Å². The van der Waals surface area contributed by atoms with Crippen molar-refractivity contribution < 1.29 is 4.79 Å². The molecule has 0 spiro atoms. The van der Waals surface area contributed by atoms with E-state index in [1.165, 1.54) is 0 Å². The van der Waals surface area contributed by atoms with Gasteiger partial charge in [0.2, 0.25) is 5.91 Å². The lowest BCUT2D eigenvalue weighted by Gasteiger charge is -2.27. The molecular weight excluding hydrogens is 312 g/mol. The third-order valence-corrected chi connectivity index (χ3v) is 5.26. The summed E-state index contributed by atoms with van der Waals surface area (Å²) in [5.41, 5.74) is 0. The van der Waals surface area contributed by atoms with Gasteiger partial charge in [-0.25, -0.2) is 4.98 Å². The minimum Gasteiger partial charge on any atom is -0.341 e. The number of hydrogen-bond acceptors (Lipinski definition) is 3. The highest BCUT2D eigenvalue weighted by Gasteiger charge is 2.26. The molecule has 2 aliphatic rings. The largest absolute Gasteiger partial charge is 0.341 e. The number of halogens is 1. The Balaban J connectivity index is 1.55. The van der Waals surface area contributed by atoms with Gasteiger partial charge in [-0.2, -0.15) is 0 Å². The monoisotopic (exact) mass is 336 g/mol. The van der Waals surface area contributed by atoms with Crippen molar-refractivity contribution >= 4 is 17.5 Å². The molecule has 1 aromatic rings. The molecule has 1 aliphatic carbocycles. The smallest absolute Gasteiger partial charge is 0.226 e. The van der Waals surface area contributed by atoms with Crippen molar-refractivity contribution in [3.8, 4) is 0 Å². The molecule has 0 unspecified atom stereocenters. The van der Waals surface area contributed by atoms with Gasteiger partial charge in [-0.1, -0.05) is 23.8 Å². The number of aromatic nitrogens is 2. The van der Waals surface area contributed by atoms with Crippen LogP contribution in [0.1, 0.15) is 31.5 Å². The third kappa shape index (κ3) is 3.96. The van der Waals surface area contributed by atoms with Gasteiger partial charge in [0.25, 0.3) is 0 Å². The van der Waals surface area contributed by atoms with Crippen molar-refractivity contribution in [3.63, 3.8) is 0 Å². The summed E-state index contributed by atoms with van der Waals surface area (Å²) >= 11 is 6.05. The maximum Gasteiger partial charge on any atom is 0.226 e. The zero-order chi connectivity index (χ0) is 16.2. The molecule has 126 valence electrons. The third-order valence-electron chi connectivity index (χ3n) is 4.91. The van der Waals surface area contributed by atoms with E-state index in [0.717, 1.165) is 64.2 Å². The fourth-order valence-corrected chi connectivity index (χ4v) is 3.54. The molecular formula is C17H25ClN4O. The molecule has 0 aromatic carbocycles. The SMILES string of the molecule is Cn1c(Cl)cnc1CN1CCCN(C(=O)[C@H]2CC=CCC2)CC1. The lowest BCUT2D eigenvalue weighted by Crippen LogP contribution is -2.39. The first-order valence-electron chi connectivity index (χ1n) is 8.47. The molecule has 3 rings (SSSR count). The molecule has 6 heteroatoms. The first kappa shape index (κ1) is 16.5. The van der Waals surface area contributed by atoms with Gasteiger partial charge in [0, 0.05) is 39.1 Å². The maximum absolute atomic E-state index is 12.7. The lowest BCUT2D eigenvalue weighted by atomic mass is 9.93. The number of carbonyl (C=O) groups excluding carboxylic acids is 1. The van der Waals surface area contributed by atoms with Crippen molar-refractivity contribution in [3.05, 3.63) is 29.3 Å². The van der Waals surface area contributed by atoms with Crippen LogP contribution < -0.4 is 0 Å². The Hall–Kier alpha value is -1.33. The van der Waals surface area contributed by atoms with Crippen molar-refractivity contribution in [1.29, 1.82) is 0 Å². The van der Waals surface area contributed by atoms with Crippen LogP contribution in [0.3, 0.4) is 0 Å². The minimum absolute atomic E-state index is 0.194. The average molecular weight is 337 g/mol. The van der Waals surface area contributed by atoms with Crippen molar-refractivity contribution in [1.82, 2.24) is 19.4 Å². The van der Waals surface area contributed by atoms with Crippen LogP contribution in [-0.4, -0.2) is 51.4 Å². The van der Waals surface area contributed by atoms with Gasteiger partial charge in [-0.3, -0.25) is 9.69 Å². The zero-order valence-electron chi connectivity index (χ0n) is 13.7. The number of imidazole rings is 1. The highest BCUT2D eigenvalue weighted by atomic mass is 35.5. The van der Waals surface area contributed by atoms with Crippen LogP contribution in [0.15, 0.2) is 18.3 Å². The van der Waals surface area contributed by atoms with Crippen LogP contribution in [0.25, 0.3) is 0 Å². The molecule has 2 heterocycles. The molecule has 0 saturated carbocycles. The molecule has 1 amide bonds. The van der Waals surface area contributed by atoms with E-state index in [1.807, 2.05) is 11.6 Å². The number of allylic oxidation sites excluding steroid dienone is 2. The second-order valence-electron chi connectivity index (χ2n) is 6.49. The topological polar surface area (TPSA) is 41.4 Å². The summed E-state index contributed by atoms with van der Waals surface area (Å²) in [5.74, 6) is 1.52. The van der Waals surface area contributed by atoms with Crippen molar-refractivity contribution in [2.75, 3.05) is 26.2 Å². The van der Waals surface area contributed by atoms with E-state index < -0.39 is 0 Å². The first-order valence-corrected chi connectivity index (χ1v) is 8.85. The number of amides is 1. The van der Waals surface area contributed by atoms with E-state index in [9.17, 15) is 4.79 Å². The molecule has 1 saturated heterocycles. The van der Waals surface area contributed by atoms with Crippen LogP contribution in [0.4, 0.5) is 0 Å². The quantitative estimate of drug-likeness (QED) is 0.796. The molecule has 1 atom stereocenters. The van der Waals surface area contributed by atoms with E-state index in [2.05, 4.69) is 26.9 Å². The van der Waals surface area contributed by atoms with E-state index in [1.54, 1.807) is 6.20 Å². The maximum atomic E-state index is 12.7. The standard InChI is InChI=1S/C17H25ClN4O/c1-20-15(18)12-19-16(20)13-21-8-5-9-22(11-10-21)17(23)14-6-3-2-4-7-14/h2-3,12,14H,4-11,13H2,1H3/t14-/m0/s1. The summed E-state index contributed by atoms with van der Waals surface area (Å²) in [7, 11) is 1.94. The summed E-state index contributed by atoms with van der Waals surface area (Å²) < 4.78 is 1.92. The molecule has 1 fully saturated rings. The average Bonchev–Trinajstić information content (AvgIpc) is 2.79. The lowest BCUT2D eigenvalue weighted by molar-refractivity contribution is -0.135.